The van der Waals surface area contributed by atoms with E-state index in [1.165, 1.54) is 45.0 Å². The molecule has 1 N–H and O–H groups in total. The number of carboxylic acid groups (broad SMARTS) is 1. The Labute approximate surface area is 628 Å². The van der Waals surface area contributed by atoms with Crippen molar-refractivity contribution in [3.8, 4) is 54.6 Å². The molecule has 4 aromatic carbocycles. The molecule has 0 spiro atoms. The van der Waals surface area contributed by atoms with Crippen molar-refractivity contribution < 1.29 is 38.3 Å². The van der Waals surface area contributed by atoms with Gasteiger partial charge >= 0.3 is 0 Å². The van der Waals surface area contributed by atoms with Crippen LogP contribution >= 0.6 is 0 Å². The lowest BCUT2D eigenvalue weighted by atomic mass is 9.90. The van der Waals surface area contributed by atoms with Crippen LogP contribution in [-0.2, 0) is 33.2 Å². The van der Waals surface area contributed by atoms with Gasteiger partial charge < -0.3 is 43.3 Å². The van der Waals surface area contributed by atoms with Gasteiger partial charge in [-0.3, -0.25) is 4.79 Å². The largest absolute Gasteiger partial charge is 0.505 e. The lowest BCUT2D eigenvalue weighted by molar-refractivity contribution is -0.134. The fourth-order valence-electron chi connectivity index (χ4n) is 10.5. The van der Waals surface area contributed by atoms with Gasteiger partial charge in [0.15, 0.2) is 12.2 Å². The molecule has 0 amide bonds. The number of rotatable bonds is 20. The fourth-order valence-corrected chi connectivity index (χ4v) is 10.5. The molecule has 0 atom stereocenters. The Hall–Kier alpha value is -14.1. The average molecular weight is 1430 g/mol. The second-order valence-corrected chi connectivity index (χ2v) is 21.8. The van der Waals surface area contributed by atoms with Crippen LogP contribution < -0.4 is 0 Å². The second kappa shape index (κ2) is 53.7. The smallest absolute Gasteiger partial charge is 0.300 e. The Balaban J connectivity index is 0.000000526. The van der Waals surface area contributed by atoms with Crippen LogP contribution in [0.4, 0.5) is 0 Å². The number of benzene rings is 4. The Bertz CT molecular complexity index is 4490. The minimum atomic E-state index is -1.10. The van der Waals surface area contributed by atoms with Gasteiger partial charge in [-0.2, -0.15) is 31.6 Å². The van der Waals surface area contributed by atoms with Gasteiger partial charge in [0.1, 0.15) is 0 Å². The van der Waals surface area contributed by atoms with E-state index >= 15 is 0 Å². The number of hydrogen-bond donors (Lipinski definition) is 1. The minimum Gasteiger partial charge on any atom is -0.505 e. The van der Waals surface area contributed by atoms with Gasteiger partial charge in [0.2, 0.25) is 0 Å². The zero-order chi connectivity index (χ0) is 77.5. The first kappa shape index (κ1) is 89.0. The molecule has 2 heterocycles. The van der Waals surface area contributed by atoms with E-state index in [2.05, 4.69) is 47.3 Å². The summed E-state index contributed by atoms with van der Waals surface area (Å²) >= 11 is 0. The van der Waals surface area contributed by atoms with Gasteiger partial charge in [-0.15, -0.1) is 0 Å². The maximum absolute atomic E-state index is 10.0. The second-order valence-electron chi connectivity index (χ2n) is 21.8. The molecule has 0 aromatic heterocycles. The van der Waals surface area contributed by atoms with Crippen molar-refractivity contribution in [1.29, 1.82) is 47.4 Å². The van der Waals surface area contributed by atoms with Gasteiger partial charge in [-0.1, -0.05) is 159 Å². The van der Waals surface area contributed by atoms with Crippen molar-refractivity contribution in [2.45, 2.75) is 59.2 Å². The van der Waals surface area contributed by atoms with Crippen LogP contribution in [0.1, 0.15) is 75.1 Å². The number of hydrogen-bond acceptors (Lipinski definition) is 18. The molecule has 2 fully saturated rings. The van der Waals surface area contributed by atoms with Crippen molar-refractivity contribution in [3.63, 3.8) is 0 Å². The number of nitriles is 9. The Morgan fingerprint density at radius 3 is 1.44 bits per heavy atom. The number of aliphatic carboxylic acids is 1. The number of nitrogens with zero attached hydrogens (tertiary/aromatic N) is 14. The monoisotopic (exact) mass is 1430 g/mol. The summed E-state index contributed by atoms with van der Waals surface area (Å²) in [5.74, 6) is -1.93. The summed E-state index contributed by atoms with van der Waals surface area (Å²) in [6, 6.07) is 53.8. The minimum absolute atomic E-state index is 0. The van der Waals surface area contributed by atoms with Crippen LogP contribution in [0.5, 0.6) is 0 Å². The third-order valence-corrected chi connectivity index (χ3v) is 15.2. The summed E-state index contributed by atoms with van der Waals surface area (Å²) in [4.78, 5) is 23.4. The summed E-state index contributed by atoms with van der Waals surface area (Å²) in [5, 5.41) is 92.1. The maximum atomic E-state index is 10.0. The van der Waals surface area contributed by atoms with Crippen LogP contribution in [0.25, 0.3) is 36.8 Å². The zero-order valence-electron chi connectivity index (χ0n) is 59.6. The topological polar surface area (TPSA) is 326 Å². The highest BCUT2D eigenvalue weighted by Gasteiger charge is 2.26. The predicted octanol–water partition coefficient (Wildman–Crippen LogP) is 16.4. The van der Waals surface area contributed by atoms with Gasteiger partial charge in [-0.25, -0.2) is 30.3 Å². The molecule has 0 bridgehead atoms. The van der Waals surface area contributed by atoms with Crippen LogP contribution in [0, 0.1) is 128 Å². The van der Waals surface area contributed by atoms with Gasteiger partial charge in [0.25, 0.3) is 23.1 Å². The standard InChI is InChI=1S/C39H29N7O.C16H11N3O.C12H7N3.C9H15NO.C6H12O3.C2H4O2.CH4/c1-45-36(28-44)38(30-12-6-3-7-13-30)34(25-41)17-9-15-32-19-18-31(39(32)46-20-22-47-23-21-46)14-8-16-33(24-40)37(35(26-42)27-43)29-10-4-2-5-11-29;1-19-15(12-18)16(13-7-4-3-5-8-13)14(11-17)9-6-10-20-2;1-15-12(9-14)11(7-8-13)10-5-3-2-4-6-10;1-2-4-9(3-1)10-5-7-11-8-6-10;1-7-5-4-6(8-2)9-3;1-2(3)4;/h2-17,35H,18-23H2;3-10H,2H3;2-6H,7H2;3H,1-2,4-8H2;4-6H,1-3H3;1H3,(H,3,4);1H4/b15-9+,16-8+,31-14+,34-17+,37-33-,38-36+;10-6+,14-9+,16-15+;12-11-;;5-4+;;. The van der Waals surface area contributed by atoms with Gasteiger partial charge in [0.05, 0.1) is 151 Å². The molecule has 0 saturated carbocycles. The molecule has 22 heteroatoms. The number of methoxy groups -OCH3 is 4. The van der Waals surface area contributed by atoms with Crippen molar-refractivity contribution >= 4 is 28.3 Å². The van der Waals surface area contributed by atoms with Gasteiger partial charge in [-0.05, 0) is 95.4 Å². The van der Waals surface area contributed by atoms with Crippen LogP contribution in [-0.4, -0.2) is 108 Å². The highest BCUT2D eigenvalue weighted by Crippen LogP contribution is 2.37. The third kappa shape index (κ3) is 30.6. The number of carbonyl (C=O) groups is 1. The Morgan fingerprint density at radius 1 is 0.579 bits per heavy atom. The van der Waals surface area contributed by atoms with Crippen LogP contribution in [0.3, 0.4) is 0 Å². The normalized spacial score (nSPS) is 14.9. The van der Waals surface area contributed by atoms with Crippen LogP contribution in [0.15, 0.2) is 251 Å². The van der Waals surface area contributed by atoms with E-state index in [-0.39, 0.29) is 53.9 Å². The number of morpholine rings is 2. The van der Waals surface area contributed by atoms with E-state index in [9.17, 15) is 31.6 Å². The van der Waals surface area contributed by atoms with Crippen molar-refractivity contribution in [3.05, 3.63) is 307 Å². The molecule has 8 rings (SSSR count). The summed E-state index contributed by atoms with van der Waals surface area (Å²) in [5.41, 5.74) is 9.29. The summed E-state index contributed by atoms with van der Waals surface area (Å²) < 4.78 is 29.9. The van der Waals surface area contributed by atoms with E-state index < -0.39 is 11.9 Å². The Kier molecular flexibility index (Phi) is 44.7. The van der Waals surface area contributed by atoms with E-state index in [1.807, 2.05) is 91.0 Å². The lowest BCUT2D eigenvalue weighted by Gasteiger charge is -2.31. The highest BCUT2D eigenvalue weighted by atomic mass is 16.7. The summed E-state index contributed by atoms with van der Waals surface area (Å²) in [6.45, 7) is 29.1. The summed E-state index contributed by atoms with van der Waals surface area (Å²) in [7, 11) is 6.19. The van der Waals surface area contributed by atoms with Gasteiger partial charge in [0, 0.05) is 81.5 Å². The number of allylic oxidation sites excluding steroid dienone is 22. The first-order valence-electron chi connectivity index (χ1n) is 32.8. The quantitative estimate of drug-likeness (QED) is 0.0282. The van der Waals surface area contributed by atoms with E-state index in [0.29, 0.717) is 65.3 Å². The first-order valence-corrected chi connectivity index (χ1v) is 32.8. The average Bonchev–Trinajstić information content (AvgIpc) is 1.80. The molecular weight excluding hydrogens is 1350 g/mol. The Morgan fingerprint density at radius 2 is 1.04 bits per heavy atom. The first-order chi connectivity index (χ1) is 51.7. The molecule has 4 aromatic rings. The molecule has 0 radical (unpaired) electrons. The molecule has 540 valence electrons. The molecule has 107 heavy (non-hydrogen) atoms. The van der Waals surface area contributed by atoms with E-state index in [4.69, 9.17) is 69.1 Å². The molecule has 22 nitrogen and oxygen atoms in total. The van der Waals surface area contributed by atoms with Crippen LogP contribution in [0.2, 0.25) is 0 Å². The third-order valence-electron chi connectivity index (χ3n) is 15.2. The van der Waals surface area contributed by atoms with Crippen molar-refractivity contribution in [2.24, 2.45) is 5.92 Å². The summed E-state index contributed by atoms with van der Waals surface area (Å²) in [6.07, 6.45) is 26.0. The number of ether oxygens (including phenoxy) is 6. The molecule has 2 aliphatic heterocycles. The zero-order valence-corrected chi connectivity index (χ0v) is 59.6. The predicted molar refractivity (Wildman–Crippen MR) is 408 cm³/mol. The van der Waals surface area contributed by atoms with E-state index in [0.717, 1.165) is 68.5 Å². The van der Waals surface area contributed by atoms with Crippen molar-refractivity contribution in [1.82, 2.24) is 9.80 Å². The molecule has 4 aliphatic rings. The highest BCUT2D eigenvalue weighted by molar-refractivity contribution is 5.89. The fraction of sp³-hybridized carbons (Fsp3) is 0.259. The van der Waals surface area contributed by atoms with E-state index in [1.54, 1.807) is 148 Å². The molecule has 2 aliphatic carbocycles. The van der Waals surface area contributed by atoms with Crippen molar-refractivity contribution in [2.75, 3.05) is 81.0 Å². The molecule has 2 saturated heterocycles. The maximum Gasteiger partial charge on any atom is 0.300 e. The molecular formula is C85H82N14O8. The SMILES string of the molecule is C.C1=C(N2CCOCC2)CCC1.CC(=O)O.CO/C=C/C(OC)OC.[C-]#[N+]/C(C#N)=C(/C(C#N)=C/C=C/C1=C(N2CCOCC2)C(=C/C=C/C(C#N)=C(\c2ccccc2)C(C#N)C#N)/CC1)c1ccccc1.[C-]#[N+]/C(C#N)=C(/C(C#N)=C/C=C/OC)c1ccccc1.[C-]#[N+]/C(C#N)=C(/CC#N)c1ccccc1. The molecule has 0 unspecified atom stereocenters. The lowest BCUT2D eigenvalue weighted by Crippen LogP contribution is -2.36. The number of carboxylic acids is 1.